The summed E-state index contributed by atoms with van der Waals surface area (Å²) in [6, 6.07) is 0. The van der Waals surface area contributed by atoms with Crippen LogP contribution in [0.2, 0.25) is 13.1 Å². The van der Waals surface area contributed by atoms with Gasteiger partial charge in [-0.2, -0.15) is 0 Å². The molecule has 0 radical (unpaired) electrons. The van der Waals surface area contributed by atoms with E-state index < -0.39 is 8.80 Å². The first-order chi connectivity index (χ1) is 8.68. The van der Waals surface area contributed by atoms with Crippen LogP contribution in [0.3, 0.4) is 0 Å². The molecule has 19 heavy (non-hydrogen) atoms. The number of carbonyl (C=O) groups is 1. The lowest BCUT2D eigenvalue weighted by atomic mass is 10.1. The van der Waals surface area contributed by atoms with Crippen LogP contribution in [0.5, 0.6) is 0 Å². The van der Waals surface area contributed by atoms with Crippen LogP contribution in [0, 0.1) is 5.92 Å². The van der Waals surface area contributed by atoms with Crippen molar-refractivity contribution in [1.29, 1.82) is 0 Å². The van der Waals surface area contributed by atoms with Crippen LogP contribution in [0.4, 0.5) is 0 Å². The van der Waals surface area contributed by atoms with Gasteiger partial charge in [0.2, 0.25) is 0 Å². The minimum absolute atomic E-state index is 0.0415. The average molecular weight is 286 g/mol. The van der Waals surface area contributed by atoms with Gasteiger partial charge < -0.3 is 4.74 Å². The lowest BCUT2D eigenvalue weighted by Gasteiger charge is -2.41. The quantitative estimate of drug-likeness (QED) is 0.580. The molecule has 2 atom stereocenters. The molecule has 0 aliphatic carbocycles. The van der Waals surface area contributed by atoms with Gasteiger partial charge in [-0.25, -0.2) is 0 Å². The van der Waals surface area contributed by atoms with E-state index in [1.807, 2.05) is 6.92 Å². The third-order valence-electron chi connectivity index (χ3n) is 3.89. The van der Waals surface area contributed by atoms with Gasteiger partial charge in [0.15, 0.2) is 0 Å². The van der Waals surface area contributed by atoms with Crippen molar-refractivity contribution >= 4 is 14.8 Å². The van der Waals surface area contributed by atoms with Crippen LogP contribution >= 0.6 is 0 Å². The fraction of sp³-hybridized carbons (Fsp3) is 0.929. The van der Waals surface area contributed by atoms with Gasteiger partial charge in [-0.3, -0.25) is 14.6 Å². The molecule has 1 fully saturated rings. The third-order valence-corrected chi connectivity index (χ3v) is 5.87. The zero-order chi connectivity index (χ0) is 14.8. The summed E-state index contributed by atoms with van der Waals surface area (Å²) in [6.45, 7) is 16.6. The number of hydrogen-bond acceptors (Lipinski definition) is 4. The van der Waals surface area contributed by atoms with Crippen LogP contribution in [-0.4, -0.2) is 62.6 Å². The molecular weight excluding hydrogens is 256 g/mol. The molecule has 0 aromatic carbocycles. The number of esters is 1. The van der Waals surface area contributed by atoms with Crippen LogP contribution in [0.25, 0.3) is 0 Å². The van der Waals surface area contributed by atoms with E-state index in [0.717, 1.165) is 19.6 Å². The highest BCUT2D eigenvalue weighted by atomic mass is 28.3. The molecule has 1 heterocycles. The Hall–Kier alpha value is -0.393. The van der Waals surface area contributed by atoms with E-state index in [4.69, 9.17) is 4.74 Å². The van der Waals surface area contributed by atoms with Crippen molar-refractivity contribution in [2.75, 3.05) is 26.7 Å². The highest BCUT2D eigenvalue weighted by molar-refractivity contribution is 6.57. The number of nitrogens with zero attached hydrogens (tertiary/aromatic N) is 2. The first-order valence-corrected chi connectivity index (χ1v) is 10.2. The molecule has 0 spiro atoms. The maximum Gasteiger partial charge on any atom is 0.309 e. The van der Waals surface area contributed by atoms with Crippen LogP contribution < -0.4 is 0 Å². The van der Waals surface area contributed by atoms with Crippen molar-refractivity contribution in [2.24, 2.45) is 5.92 Å². The van der Waals surface area contributed by atoms with E-state index in [9.17, 15) is 4.79 Å². The summed E-state index contributed by atoms with van der Waals surface area (Å²) in [5, 5.41) is 0. The lowest BCUT2D eigenvalue weighted by Crippen LogP contribution is -2.55. The highest BCUT2D eigenvalue weighted by Gasteiger charge is 2.40. The monoisotopic (exact) mass is 286 g/mol. The minimum Gasteiger partial charge on any atom is -0.469 e. The summed E-state index contributed by atoms with van der Waals surface area (Å²) in [5.74, 6) is 0.408. The van der Waals surface area contributed by atoms with Crippen LogP contribution in [0.15, 0.2) is 0 Å². The molecule has 0 saturated carbocycles. The average Bonchev–Trinajstić information content (AvgIpc) is 2.71. The van der Waals surface area contributed by atoms with Crippen molar-refractivity contribution < 1.29 is 9.53 Å². The maximum absolute atomic E-state index is 11.6. The maximum atomic E-state index is 11.6. The largest absolute Gasteiger partial charge is 0.469 e. The van der Waals surface area contributed by atoms with Gasteiger partial charge in [0.25, 0.3) is 0 Å². The molecule has 0 aromatic heterocycles. The molecule has 0 aromatic rings. The van der Waals surface area contributed by atoms with E-state index in [1.54, 1.807) is 0 Å². The molecule has 5 heteroatoms. The lowest BCUT2D eigenvalue weighted by molar-refractivity contribution is -0.145. The smallest absolute Gasteiger partial charge is 0.309 e. The van der Waals surface area contributed by atoms with Gasteiger partial charge in [0, 0.05) is 31.0 Å². The second kappa shape index (κ2) is 6.37. The fourth-order valence-corrected chi connectivity index (χ4v) is 5.47. The summed E-state index contributed by atoms with van der Waals surface area (Å²) < 4.78 is 4.84. The third kappa shape index (κ3) is 4.03. The van der Waals surface area contributed by atoms with Gasteiger partial charge in [-0.1, -0.05) is 20.0 Å². The van der Waals surface area contributed by atoms with Gasteiger partial charge in [-0.15, -0.1) is 0 Å². The van der Waals surface area contributed by atoms with Gasteiger partial charge in [0.1, 0.15) is 0 Å². The number of carbonyl (C=O) groups excluding carboxylic acids is 1. The Labute approximate surface area is 119 Å². The van der Waals surface area contributed by atoms with E-state index >= 15 is 0 Å². The fourth-order valence-electron chi connectivity index (χ4n) is 3.04. The van der Waals surface area contributed by atoms with Crippen LogP contribution in [0.1, 0.15) is 27.7 Å². The molecular formula is C14H30N2O2Si. The Balaban J connectivity index is 2.77. The summed E-state index contributed by atoms with van der Waals surface area (Å²) in [5.41, 5.74) is 0.200. The van der Waals surface area contributed by atoms with E-state index in [2.05, 4.69) is 43.7 Å². The Bertz CT molecular complexity index is 315. The van der Waals surface area contributed by atoms with Gasteiger partial charge in [0.05, 0.1) is 21.8 Å². The molecule has 1 saturated heterocycles. The molecule has 2 unspecified atom stereocenters. The van der Waals surface area contributed by atoms with Crippen molar-refractivity contribution in [3.8, 4) is 0 Å². The summed E-state index contributed by atoms with van der Waals surface area (Å²) in [6.07, 6.45) is 0. The second-order valence-corrected chi connectivity index (χ2v) is 10.0. The molecule has 1 rings (SSSR count). The molecule has 0 N–H and O–H groups in total. The summed E-state index contributed by atoms with van der Waals surface area (Å²) >= 11 is 0. The first kappa shape index (κ1) is 16.7. The topological polar surface area (TPSA) is 32.8 Å². The zero-order valence-electron chi connectivity index (χ0n) is 13.6. The highest BCUT2D eigenvalue weighted by Crippen LogP contribution is 2.26. The normalized spacial score (nSPS) is 23.9. The Morgan fingerprint density at radius 2 is 1.95 bits per heavy atom. The Morgan fingerprint density at radius 3 is 2.37 bits per heavy atom. The molecule has 4 nitrogen and oxygen atoms in total. The van der Waals surface area contributed by atoms with E-state index in [-0.39, 0.29) is 17.4 Å². The number of methoxy groups -OCH3 is 1. The van der Waals surface area contributed by atoms with Crippen molar-refractivity contribution in [1.82, 2.24) is 9.80 Å². The van der Waals surface area contributed by atoms with Gasteiger partial charge >= 0.3 is 5.97 Å². The van der Waals surface area contributed by atoms with Crippen molar-refractivity contribution in [2.45, 2.75) is 52.1 Å². The predicted octanol–water partition coefficient (Wildman–Crippen LogP) is 1.56. The second-order valence-electron chi connectivity index (χ2n) is 6.94. The van der Waals surface area contributed by atoms with Crippen molar-refractivity contribution in [3.05, 3.63) is 0 Å². The summed E-state index contributed by atoms with van der Waals surface area (Å²) in [7, 11) is 0.633. The number of ether oxygens (including phenoxy) is 1. The van der Waals surface area contributed by atoms with E-state index in [1.165, 1.54) is 7.11 Å². The first-order valence-electron chi connectivity index (χ1n) is 7.27. The van der Waals surface area contributed by atoms with Gasteiger partial charge in [-0.05, 0) is 20.8 Å². The van der Waals surface area contributed by atoms with Crippen molar-refractivity contribution in [3.63, 3.8) is 0 Å². The number of hydrogen-bond donors (Lipinski definition) is 0. The standard InChI is InChI=1S/C14H30N2O2Si/c1-11(12(17)18-5)10-15-8-9-16(14(2,3)4)13(15)19(6)7/h11,13,19H,8-10H2,1-7H3. The molecule has 1 aliphatic heterocycles. The summed E-state index contributed by atoms with van der Waals surface area (Å²) in [4.78, 5) is 16.7. The Kier molecular flexibility index (Phi) is 5.59. The molecule has 0 amide bonds. The van der Waals surface area contributed by atoms with E-state index in [0.29, 0.717) is 5.79 Å². The molecule has 0 bridgehead atoms. The molecule has 112 valence electrons. The predicted molar refractivity (Wildman–Crippen MR) is 81.9 cm³/mol. The molecule has 1 aliphatic rings. The Morgan fingerprint density at radius 1 is 1.37 bits per heavy atom. The van der Waals surface area contributed by atoms with Crippen LogP contribution in [-0.2, 0) is 9.53 Å². The zero-order valence-corrected chi connectivity index (χ0v) is 14.7. The minimum atomic E-state index is -0.838. The number of rotatable bonds is 4. The SMILES string of the molecule is COC(=O)C(C)CN1CCN(C(C)(C)C)C1[SiH](C)C.